The van der Waals surface area contributed by atoms with Gasteiger partial charge in [-0.1, -0.05) is 0 Å². The third-order valence-electron chi connectivity index (χ3n) is 3.78. The van der Waals surface area contributed by atoms with Crippen molar-refractivity contribution in [1.29, 1.82) is 0 Å². The van der Waals surface area contributed by atoms with E-state index in [0.29, 0.717) is 13.2 Å². The van der Waals surface area contributed by atoms with E-state index in [-0.39, 0.29) is 11.9 Å². The quantitative estimate of drug-likeness (QED) is 0.867. The van der Waals surface area contributed by atoms with Crippen LogP contribution in [0.15, 0.2) is 18.2 Å². The average molecular weight is 291 g/mol. The molecular weight excluding hydrogens is 266 g/mol. The van der Waals surface area contributed by atoms with E-state index in [2.05, 4.69) is 10.2 Å². The third kappa shape index (κ3) is 4.72. The summed E-state index contributed by atoms with van der Waals surface area (Å²) in [7, 11) is 0. The van der Waals surface area contributed by atoms with Crippen molar-refractivity contribution in [2.45, 2.75) is 32.7 Å². The fourth-order valence-electron chi connectivity index (χ4n) is 2.54. The summed E-state index contributed by atoms with van der Waals surface area (Å²) in [5, 5.41) is 2.97. The second-order valence-corrected chi connectivity index (χ2v) is 5.57. The fraction of sp³-hybridized carbons (Fsp3) is 0.562. The normalized spacial score (nSPS) is 16.7. The van der Waals surface area contributed by atoms with Gasteiger partial charge >= 0.3 is 0 Å². The smallest absolute Gasteiger partial charge is 0.238 e. The van der Waals surface area contributed by atoms with Crippen LogP contribution in [0.5, 0.6) is 5.75 Å². The van der Waals surface area contributed by atoms with Crippen molar-refractivity contribution < 1.29 is 9.53 Å². The Morgan fingerprint density at radius 1 is 1.43 bits per heavy atom. The Kier molecular flexibility index (Phi) is 5.59. The molecule has 1 saturated heterocycles. The van der Waals surface area contributed by atoms with Gasteiger partial charge in [0.25, 0.3) is 0 Å². The maximum atomic E-state index is 12.1. The minimum absolute atomic E-state index is 0.0257. The largest absolute Gasteiger partial charge is 0.494 e. The highest BCUT2D eigenvalue weighted by molar-refractivity contribution is 5.93. The van der Waals surface area contributed by atoms with Crippen LogP contribution in [0.2, 0.25) is 0 Å². The monoisotopic (exact) mass is 291 g/mol. The molecule has 5 heteroatoms. The summed E-state index contributed by atoms with van der Waals surface area (Å²) in [6.45, 7) is 6.79. The summed E-state index contributed by atoms with van der Waals surface area (Å²) in [6, 6.07) is 6.01. The lowest BCUT2D eigenvalue weighted by atomic mass is 10.1. The van der Waals surface area contributed by atoms with Crippen LogP contribution >= 0.6 is 0 Å². The molecule has 1 aromatic carbocycles. The Morgan fingerprint density at radius 2 is 2.14 bits per heavy atom. The topological polar surface area (TPSA) is 67.6 Å². The van der Waals surface area contributed by atoms with E-state index in [1.54, 1.807) is 0 Å². The molecule has 116 valence electrons. The maximum absolute atomic E-state index is 12.1. The Bertz CT molecular complexity index is 482. The Labute approximate surface area is 126 Å². The van der Waals surface area contributed by atoms with Crippen molar-refractivity contribution in [3.8, 4) is 5.75 Å². The number of anilines is 1. The van der Waals surface area contributed by atoms with Gasteiger partial charge in [-0.05, 0) is 50.5 Å². The zero-order chi connectivity index (χ0) is 15.2. The minimum Gasteiger partial charge on any atom is -0.494 e. The summed E-state index contributed by atoms with van der Waals surface area (Å²) in [6.07, 6.45) is 1.94. The lowest BCUT2D eigenvalue weighted by Crippen LogP contribution is -2.43. The van der Waals surface area contributed by atoms with Gasteiger partial charge in [-0.25, -0.2) is 0 Å². The molecule has 0 atom stereocenters. The van der Waals surface area contributed by atoms with Crippen molar-refractivity contribution >= 4 is 11.6 Å². The number of nitrogens with two attached hydrogens (primary N) is 1. The predicted octanol–water partition coefficient (Wildman–Crippen LogP) is 1.76. The number of hydrogen-bond donors (Lipinski definition) is 2. The predicted molar refractivity (Wildman–Crippen MR) is 84.6 cm³/mol. The van der Waals surface area contributed by atoms with Crippen LogP contribution in [-0.4, -0.2) is 43.1 Å². The van der Waals surface area contributed by atoms with E-state index in [0.717, 1.165) is 42.9 Å². The molecule has 1 aliphatic heterocycles. The lowest BCUT2D eigenvalue weighted by Gasteiger charge is -2.29. The fourth-order valence-corrected chi connectivity index (χ4v) is 2.54. The molecule has 1 amide bonds. The van der Waals surface area contributed by atoms with Gasteiger partial charge in [0, 0.05) is 24.8 Å². The molecule has 0 aromatic heterocycles. The highest BCUT2D eigenvalue weighted by Gasteiger charge is 2.18. The number of nitrogens with one attached hydrogen (secondary N) is 1. The lowest BCUT2D eigenvalue weighted by molar-refractivity contribution is -0.117. The molecule has 0 radical (unpaired) electrons. The van der Waals surface area contributed by atoms with Gasteiger partial charge in [0.1, 0.15) is 5.75 Å². The van der Waals surface area contributed by atoms with Crippen molar-refractivity contribution in [3.05, 3.63) is 23.8 Å². The van der Waals surface area contributed by atoms with Crippen molar-refractivity contribution in [2.75, 3.05) is 31.6 Å². The number of likely N-dealkylation sites (tertiary alicyclic amines) is 1. The molecule has 1 aromatic rings. The maximum Gasteiger partial charge on any atom is 0.238 e. The number of amides is 1. The van der Waals surface area contributed by atoms with Gasteiger partial charge in [0.05, 0.1) is 13.2 Å². The first kappa shape index (κ1) is 15.8. The molecule has 1 heterocycles. The van der Waals surface area contributed by atoms with Gasteiger partial charge in [0.15, 0.2) is 0 Å². The Hall–Kier alpha value is -1.59. The van der Waals surface area contributed by atoms with E-state index in [9.17, 15) is 4.79 Å². The first-order chi connectivity index (χ1) is 10.1. The molecule has 1 fully saturated rings. The van der Waals surface area contributed by atoms with Gasteiger partial charge in [-0.3, -0.25) is 9.69 Å². The molecule has 21 heavy (non-hydrogen) atoms. The SMILES string of the molecule is CCOc1ccc(NC(=O)CN2CCC(N)CC2)c(C)c1. The van der Waals surface area contributed by atoms with Gasteiger partial charge < -0.3 is 15.8 Å². The number of nitrogens with zero attached hydrogens (tertiary/aromatic N) is 1. The number of piperidine rings is 1. The molecule has 0 saturated carbocycles. The van der Waals surface area contributed by atoms with Crippen molar-refractivity contribution in [2.24, 2.45) is 5.73 Å². The van der Waals surface area contributed by atoms with E-state index < -0.39 is 0 Å². The van der Waals surface area contributed by atoms with Crippen LogP contribution in [0.3, 0.4) is 0 Å². The van der Waals surface area contributed by atoms with Crippen LogP contribution in [0.4, 0.5) is 5.69 Å². The molecule has 5 nitrogen and oxygen atoms in total. The average Bonchev–Trinajstić information content (AvgIpc) is 2.45. The van der Waals surface area contributed by atoms with Crippen molar-refractivity contribution in [3.63, 3.8) is 0 Å². The summed E-state index contributed by atoms with van der Waals surface area (Å²) in [5.41, 5.74) is 7.72. The zero-order valence-corrected chi connectivity index (χ0v) is 12.9. The first-order valence-electron chi connectivity index (χ1n) is 7.59. The molecule has 0 aliphatic carbocycles. The second kappa shape index (κ2) is 7.43. The number of rotatable bonds is 5. The van der Waals surface area contributed by atoms with Crippen LogP contribution in [-0.2, 0) is 4.79 Å². The van der Waals surface area contributed by atoms with E-state index in [1.165, 1.54) is 0 Å². The van der Waals surface area contributed by atoms with Crippen LogP contribution in [0.1, 0.15) is 25.3 Å². The number of carbonyl (C=O) groups is 1. The Balaban J connectivity index is 1.87. The van der Waals surface area contributed by atoms with E-state index in [1.807, 2.05) is 32.0 Å². The van der Waals surface area contributed by atoms with Crippen LogP contribution in [0, 0.1) is 6.92 Å². The molecule has 0 spiro atoms. The second-order valence-electron chi connectivity index (χ2n) is 5.57. The molecule has 1 aliphatic rings. The van der Waals surface area contributed by atoms with Crippen LogP contribution in [0.25, 0.3) is 0 Å². The number of carbonyl (C=O) groups excluding carboxylic acids is 1. The highest BCUT2D eigenvalue weighted by atomic mass is 16.5. The number of hydrogen-bond acceptors (Lipinski definition) is 4. The highest BCUT2D eigenvalue weighted by Crippen LogP contribution is 2.21. The molecule has 0 unspecified atom stereocenters. The summed E-state index contributed by atoms with van der Waals surface area (Å²) in [5.74, 6) is 0.857. The van der Waals surface area contributed by atoms with Gasteiger partial charge in [-0.15, -0.1) is 0 Å². The summed E-state index contributed by atoms with van der Waals surface area (Å²) >= 11 is 0. The number of ether oxygens (including phenoxy) is 1. The van der Waals surface area contributed by atoms with Crippen LogP contribution < -0.4 is 15.8 Å². The van der Waals surface area contributed by atoms with Gasteiger partial charge in [-0.2, -0.15) is 0 Å². The standard InChI is InChI=1S/C16H25N3O2/c1-3-21-14-4-5-15(12(2)10-14)18-16(20)11-19-8-6-13(17)7-9-19/h4-5,10,13H,3,6-9,11,17H2,1-2H3,(H,18,20). The molecule has 0 bridgehead atoms. The zero-order valence-electron chi connectivity index (χ0n) is 12.9. The third-order valence-corrected chi connectivity index (χ3v) is 3.78. The van der Waals surface area contributed by atoms with Gasteiger partial charge in [0.2, 0.25) is 5.91 Å². The first-order valence-corrected chi connectivity index (χ1v) is 7.59. The van der Waals surface area contributed by atoms with Crippen molar-refractivity contribution in [1.82, 2.24) is 4.90 Å². The summed E-state index contributed by atoms with van der Waals surface area (Å²) in [4.78, 5) is 14.3. The molecular formula is C16H25N3O2. The molecule has 2 rings (SSSR count). The minimum atomic E-state index is 0.0257. The van der Waals surface area contributed by atoms with E-state index in [4.69, 9.17) is 10.5 Å². The van der Waals surface area contributed by atoms with E-state index >= 15 is 0 Å². The number of benzene rings is 1. The number of aryl methyl sites for hydroxylation is 1. The molecule has 3 N–H and O–H groups in total. The summed E-state index contributed by atoms with van der Waals surface area (Å²) < 4.78 is 5.45. The Morgan fingerprint density at radius 3 is 2.76 bits per heavy atom.